The highest BCUT2D eigenvalue weighted by atomic mass is 79.9. The Labute approximate surface area is 55.3 Å². The standard InChI is InChI=1S/C2HBr2F3/c3-2(4,7)1(5)6/h1H. The lowest BCUT2D eigenvalue weighted by Gasteiger charge is -2.05. The minimum absolute atomic E-state index is 2.04. The van der Waals surface area contributed by atoms with Gasteiger partial charge in [-0.1, -0.05) is 0 Å². The van der Waals surface area contributed by atoms with Crippen LogP contribution in [0, 0.1) is 0 Å². The number of halogens is 5. The summed E-state index contributed by atoms with van der Waals surface area (Å²) < 4.78 is 31.0. The van der Waals surface area contributed by atoms with E-state index in [1.807, 2.05) is 31.9 Å². The van der Waals surface area contributed by atoms with E-state index >= 15 is 0 Å². The first kappa shape index (κ1) is 7.75. The third kappa shape index (κ3) is 3.34. The minimum atomic E-state index is -3.03. The topological polar surface area (TPSA) is 0 Å². The molecule has 0 unspecified atom stereocenters. The van der Waals surface area contributed by atoms with Gasteiger partial charge in [-0.05, 0) is 31.9 Å². The van der Waals surface area contributed by atoms with Crippen molar-refractivity contribution in [2.45, 2.75) is 9.91 Å². The number of rotatable bonds is 1. The first-order valence-electron chi connectivity index (χ1n) is 1.29. The van der Waals surface area contributed by atoms with E-state index in [0.717, 1.165) is 0 Å². The number of hydrogen-bond donors (Lipinski definition) is 0. The Balaban J connectivity index is 3.54. The normalized spacial score (nSPS) is 12.9. The average molecular weight is 242 g/mol. The molecule has 0 rings (SSSR count). The van der Waals surface area contributed by atoms with Crippen molar-refractivity contribution in [2.75, 3.05) is 0 Å². The molecule has 0 amide bonds. The Kier molecular flexibility index (Phi) is 2.60. The zero-order valence-electron chi connectivity index (χ0n) is 2.97. The molecule has 0 aliphatic carbocycles. The van der Waals surface area contributed by atoms with Gasteiger partial charge in [0.1, 0.15) is 0 Å². The zero-order chi connectivity index (χ0) is 6.08. The Hall–Kier alpha value is 0.750. The molecule has 0 saturated carbocycles. The van der Waals surface area contributed by atoms with E-state index in [9.17, 15) is 13.2 Å². The Bertz CT molecular complexity index is 56.4. The maximum Gasteiger partial charge on any atom is 0.292 e. The van der Waals surface area contributed by atoms with E-state index in [4.69, 9.17) is 0 Å². The molecule has 0 aromatic rings. The van der Waals surface area contributed by atoms with Crippen molar-refractivity contribution >= 4 is 31.9 Å². The molecule has 0 atom stereocenters. The van der Waals surface area contributed by atoms with Gasteiger partial charge in [-0.25, -0.2) is 13.2 Å². The summed E-state index contributed by atoms with van der Waals surface area (Å²) in [7, 11) is 0. The van der Waals surface area contributed by atoms with Crippen molar-refractivity contribution in [3.8, 4) is 0 Å². The summed E-state index contributed by atoms with van der Waals surface area (Å²) in [5, 5.41) is 0. The van der Waals surface area contributed by atoms with Crippen LogP contribution in [-0.4, -0.2) is 9.91 Å². The molecule has 0 aromatic carbocycles. The second kappa shape index (κ2) is 2.35. The lowest BCUT2D eigenvalue weighted by molar-refractivity contribution is 0.0852. The molecular formula is C2HBr2F3. The molecule has 0 fully saturated rings. The van der Waals surface area contributed by atoms with Crippen LogP contribution in [0.4, 0.5) is 13.2 Å². The Morgan fingerprint density at radius 3 is 1.43 bits per heavy atom. The lowest BCUT2D eigenvalue weighted by atomic mass is 10.8. The van der Waals surface area contributed by atoms with Crippen molar-refractivity contribution in [3.63, 3.8) is 0 Å². The van der Waals surface area contributed by atoms with Gasteiger partial charge in [0.2, 0.25) is 0 Å². The van der Waals surface area contributed by atoms with Crippen molar-refractivity contribution in [1.82, 2.24) is 0 Å². The van der Waals surface area contributed by atoms with Crippen molar-refractivity contribution in [1.29, 1.82) is 0 Å². The number of alkyl halides is 5. The van der Waals surface area contributed by atoms with E-state index in [0.29, 0.717) is 0 Å². The summed E-state index contributed by atoms with van der Waals surface area (Å²) in [5.74, 6) is 0. The SMILES string of the molecule is FC(F)C(F)(Br)Br. The van der Waals surface area contributed by atoms with Crippen LogP contribution < -0.4 is 0 Å². The van der Waals surface area contributed by atoms with E-state index in [2.05, 4.69) is 0 Å². The summed E-state index contributed by atoms with van der Waals surface area (Å²) >= 11 is 4.09. The van der Waals surface area contributed by atoms with Crippen molar-refractivity contribution < 1.29 is 13.2 Å². The fraction of sp³-hybridized carbons (Fsp3) is 1.00. The second-order valence-electron chi connectivity index (χ2n) is 0.842. The van der Waals surface area contributed by atoms with Gasteiger partial charge in [-0.3, -0.25) is 0 Å². The van der Waals surface area contributed by atoms with Gasteiger partial charge in [-0.2, -0.15) is 0 Å². The molecule has 0 radical (unpaired) electrons. The molecule has 0 aliphatic heterocycles. The highest BCUT2D eigenvalue weighted by molar-refractivity contribution is 9.25. The molecule has 5 heteroatoms. The van der Waals surface area contributed by atoms with E-state index in [-0.39, 0.29) is 0 Å². The average Bonchev–Trinajstić information content (AvgIpc) is 1.31. The molecule has 0 aromatic heterocycles. The Morgan fingerprint density at radius 1 is 1.29 bits per heavy atom. The van der Waals surface area contributed by atoms with Gasteiger partial charge in [0.05, 0.1) is 0 Å². The summed E-state index contributed by atoms with van der Waals surface area (Å²) in [6, 6.07) is 0. The van der Waals surface area contributed by atoms with Crippen LogP contribution in [0.2, 0.25) is 0 Å². The smallest absolute Gasteiger partial charge is 0.212 e. The molecule has 0 heterocycles. The third-order valence-electron chi connectivity index (χ3n) is 0.247. The molecule has 0 nitrogen and oxygen atoms in total. The van der Waals surface area contributed by atoms with E-state index in [1.165, 1.54) is 0 Å². The van der Waals surface area contributed by atoms with Crippen LogP contribution in [-0.2, 0) is 0 Å². The summed E-state index contributed by atoms with van der Waals surface area (Å²) in [6.45, 7) is 0. The lowest BCUT2D eigenvalue weighted by Crippen LogP contribution is -2.14. The first-order valence-corrected chi connectivity index (χ1v) is 2.88. The second-order valence-corrected chi connectivity index (χ2v) is 4.21. The molecule has 0 spiro atoms. The molecule has 44 valence electrons. The van der Waals surface area contributed by atoms with Gasteiger partial charge in [-0.15, -0.1) is 0 Å². The highest BCUT2D eigenvalue weighted by Crippen LogP contribution is 2.34. The first-order chi connectivity index (χ1) is 2.94. The van der Waals surface area contributed by atoms with Crippen LogP contribution in [0.1, 0.15) is 0 Å². The van der Waals surface area contributed by atoms with Gasteiger partial charge >= 0.3 is 0 Å². The van der Waals surface area contributed by atoms with Gasteiger partial charge < -0.3 is 0 Å². The monoisotopic (exact) mass is 240 g/mol. The van der Waals surface area contributed by atoms with Crippen LogP contribution in [0.15, 0.2) is 0 Å². The fourth-order valence-corrected chi connectivity index (χ4v) is 0. The maximum absolute atomic E-state index is 11.6. The quantitative estimate of drug-likeness (QED) is 0.620. The molecular weight excluding hydrogens is 241 g/mol. The largest absolute Gasteiger partial charge is 0.292 e. The van der Waals surface area contributed by atoms with Crippen LogP contribution in [0.5, 0.6) is 0 Å². The predicted octanol–water partition coefficient (Wildman–Crippen LogP) is 2.66. The molecule has 0 N–H and O–H groups in total. The van der Waals surface area contributed by atoms with Crippen molar-refractivity contribution in [2.24, 2.45) is 0 Å². The van der Waals surface area contributed by atoms with Gasteiger partial charge in [0.25, 0.3) is 9.91 Å². The minimum Gasteiger partial charge on any atom is -0.212 e. The highest BCUT2D eigenvalue weighted by Gasteiger charge is 2.33. The predicted molar refractivity (Wildman–Crippen MR) is 27.7 cm³/mol. The maximum atomic E-state index is 11.6. The molecule has 0 saturated heterocycles. The van der Waals surface area contributed by atoms with E-state index < -0.39 is 9.91 Å². The third-order valence-corrected chi connectivity index (χ3v) is 0.940. The van der Waals surface area contributed by atoms with Gasteiger partial charge in [0, 0.05) is 0 Å². The number of hydrogen-bond acceptors (Lipinski definition) is 0. The van der Waals surface area contributed by atoms with Crippen LogP contribution in [0.25, 0.3) is 0 Å². The molecule has 0 aliphatic rings. The molecule has 0 bridgehead atoms. The summed E-state index contributed by atoms with van der Waals surface area (Å²) in [6.07, 6.45) is -3.03. The molecule has 7 heavy (non-hydrogen) atoms. The Morgan fingerprint density at radius 2 is 1.43 bits per heavy atom. The van der Waals surface area contributed by atoms with Gasteiger partial charge in [0.15, 0.2) is 0 Å². The van der Waals surface area contributed by atoms with Crippen LogP contribution >= 0.6 is 31.9 Å². The zero-order valence-corrected chi connectivity index (χ0v) is 6.14. The summed E-state index contributed by atoms with van der Waals surface area (Å²) in [4.78, 5) is 0. The van der Waals surface area contributed by atoms with Crippen LogP contribution in [0.3, 0.4) is 0 Å². The summed E-state index contributed by atoms with van der Waals surface area (Å²) in [5.41, 5.74) is 0. The van der Waals surface area contributed by atoms with Crippen molar-refractivity contribution in [3.05, 3.63) is 0 Å². The fourth-order valence-electron chi connectivity index (χ4n) is 0. The van der Waals surface area contributed by atoms with E-state index in [1.54, 1.807) is 0 Å².